The van der Waals surface area contributed by atoms with Gasteiger partial charge >= 0.3 is 5.97 Å². The van der Waals surface area contributed by atoms with Gasteiger partial charge in [-0.05, 0) is 51.8 Å². The number of halogens is 1. The first kappa shape index (κ1) is 17.0. The Morgan fingerprint density at radius 2 is 1.85 bits per heavy atom. The fraction of sp³-hybridized carbons (Fsp3) is 0.562. The third kappa shape index (κ3) is 5.51. The Bertz CT molecular complexity index is 437. The molecule has 0 amide bonds. The quantitative estimate of drug-likeness (QED) is 0.867. The molecule has 0 aliphatic carbocycles. The van der Waals surface area contributed by atoms with Crippen molar-refractivity contribution in [2.75, 3.05) is 6.54 Å². The third-order valence-electron chi connectivity index (χ3n) is 3.40. The van der Waals surface area contributed by atoms with Crippen LogP contribution in [0, 0.1) is 0 Å². The zero-order chi connectivity index (χ0) is 15.3. The molecular weight excluding hydrogens is 274 g/mol. The Kier molecular flexibility index (Phi) is 6.03. The molecule has 0 saturated carbocycles. The predicted molar refractivity (Wildman–Crippen MR) is 83.3 cm³/mol. The SMILES string of the molecule is CC(Cc1ccc(Cl)cc1)N(CCC(=O)O)C(C)(C)C. The minimum atomic E-state index is -0.752. The lowest BCUT2D eigenvalue weighted by molar-refractivity contribution is -0.137. The highest BCUT2D eigenvalue weighted by Gasteiger charge is 2.26. The first-order chi connectivity index (χ1) is 9.20. The van der Waals surface area contributed by atoms with Crippen LogP contribution in [-0.2, 0) is 11.2 Å². The molecular formula is C16H24ClNO2. The second kappa shape index (κ2) is 7.09. The highest BCUT2D eigenvalue weighted by Crippen LogP contribution is 2.21. The minimum Gasteiger partial charge on any atom is -0.481 e. The van der Waals surface area contributed by atoms with Gasteiger partial charge in [-0.2, -0.15) is 0 Å². The summed E-state index contributed by atoms with van der Waals surface area (Å²) in [7, 11) is 0. The molecule has 112 valence electrons. The van der Waals surface area contributed by atoms with Crippen LogP contribution in [0.1, 0.15) is 39.7 Å². The number of hydrogen-bond acceptors (Lipinski definition) is 2. The summed E-state index contributed by atoms with van der Waals surface area (Å²) in [5.74, 6) is -0.752. The van der Waals surface area contributed by atoms with Crippen molar-refractivity contribution < 1.29 is 9.90 Å². The summed E-state index contributed by atoms with van der Waals surface area (Å²) in [6.45, 7) is 9.06. The standard InChI is InChI=1S/C16H24ClNO2/c1-12(11-13-5-7-14(17)8-6-13)18(16(2,3)4)10-9-15(19)20/h5-8,12H,9-11H2,1-4H3,(H,19,20). The van der Waals surface area contributed by atoms with Gasteiger partial charge in [0.05, 0.1) is 6.42 Å². The van der Waals surface area contributed by atoms with Crippen LogP contribution in [0.2, 0.25) is 5.02 Å². The summed E-state index contributed by atoms with van der Waals surface area (Å²) in [5, 5.41) is 9.62. The fourth-order valence-electron chi connectivity index (χ4n) is 2.50. The molecule has 0 fully saturated rings. The van der Waals surface area contributed by atoms with Gasteiger partial charge in [0.1, 0.15) is 0 Å². The van der Waals surface area contributed by atoms with Gasteiger partial charge in [0, 0.05) is 23.1 Å². The Balaban J connectivity index is 2.74. The highest BCUT2D eigenvalue weighted by atomic mass is 35.5. The van der Waals surface area contributed by atoms with E-state index in [1.165, 1.54) is 5.56 Å². The lowest BCUT2D eigenvalue weighted by atomic mass is 9.98. The van der Waals surface area contributed by atoms with Crippen LogP contribution < -0.4 is 0 Å². The summed E-state index contributed by atoms with van der Waals surface area (Å²) < 4.78 is 0. The molecule has 0 spiro atoms. The van der Waals surface area contributed by atoms with Crippen LogP contribution in [0.4, 0.5) is 0 Å². The van der Waals surface area contributed by atoms with Gasteiger partial charge in [-0.3, -0.25) is 9.69 Å². The Morgan fingerprint density at radius 3 is 2.30 bits per heavy atom. The molecule has 0 aliphatic rings. The Morgan fingerprint density at radius 1 is 1.30 bits per heavy atom. The van der Waals surface area contributed by atoms with Crippen LogP contribution in [0.3, 0.4) is 0 Å². The lowest BCUT2D eigenvalue weighted by Crippen LogP contribution is -2.48. The number of carboxylic acid groups (broad SMARTS) is 1. The maximum atomic E-state index is 10.8. The molecule has 0 bridgehead atoms. The van der Waals surface area contributed by atoms with E-state index in [4.69, 9.17) is 16.7 Å². The van der Waals surface area contributed by atoms with Crippen molar-refractivity contribution >= 4 is 17.6 Å². The molecule has 20 heavy (non-hydrogen) atoms. The molecule has 0 aromatic heterocycles. The molecule has 0 heterocycles. The van der Waals surface area contributed by atoms with Gasteiger partial charge in [0.2, 0.25) is 0 Å². The number of aliphatic carboxylic acids is 1. The lowest BCUT2D eigenvalue weighted by Gasteiger charge is -2.40. The van der Waals surface area contributed by atoms with Crippen molar-refractivity contribution in [3.8, 4) is 0 Å². The van der Waals surface area contributed by atoms with Gasteiger partial charge in [-0.1, -0.05) is 23.7 Å². The summed E-state index contributed by atoms with van der Waals surface area (Å²) in [4.78, 5) is 13.1. The number of nitrogens with zero attached hydrogens (tertiary/aromatic N) is 1. The van der Waals surface area contributed by atoms with Crippen LogP contribution in [0.25, 0.3) is 0 Å². The van der Waals surface area contributed by atoms with E-state index in [-0.39, 0.29) is 18.0 Å². The van der Waals surface area contributed by atoms with Crippen LogP contribution >= 0.6 is 11.6 Å². The van der Waals surface area contributed by atoms with Crippen LogP contribution in [-0.4, -0.2) is 34.1 Å². The van der Waals surface area contributed by atoms with Crippen molar-refractivity contribution in [3.05, 3.63) is 34.9 Å². The van der Waals surface area contributed by atoms with E-state index in [0.717, 1.165) is 11.4 Å². The Labute approximate surface area is 126 Å². The van der Waals surface area contributed by atoms with Gasteiger partial charge < -0.3 is 5.11 Å². The van der Waals surface area contributed by atoms with E-state index in [0.29, 0.717) is 6.54 Å². The molecule has 1 N–H and O–H groups in total. The van der Waals surface area contributed by atoms with E-state index in [1.54, 1.807) is 0 Å². The van der Waals surface area contributed by atoms with Gasteiger partial charge in [0.25, 0.3) is 0 Å². The topological polar surface area (TPSA) is 40.5 Å². The fourth-order valence-corrected chi connectivity index (χ4v) is 2.63. The van der Waals surface area contributed by atoms with E-state index in [9.17, 15) is 4.79 Å². The molecule has 0 radical (unpaired) electrons. The first-order valence-corrected chi connectivity index (χ1v) is 7.31. The summed E-state index contributed by atoms with van der Waals surface area (Å²) in [6, 6.07) is 8.11. The molecule has 0 aliphatic heterocycles. The molecule has 1 unspecified atom stereocenters. The zero-order valence-corrected chi connectivity index (χ0v) is 13.4. The largest absolute Gasteiger partial charge is 0.481 e. The molecule has 1 atom stereocenters. The van der Waals surface area contributed by atoms with Crippen molar-refractivity contribution in [1.29, 1.82) is 0 Å². The molecule has 1 aromatic rings. The predicted octanol–water partition coefficient (Wildman–Crippen LogP) is 3.85. The second-order valence-corrected chi connectivity index (χ2v) is 6.62. The Hall–Kier alpha value is -1.06. The van der Waals surface area contributed by atoms with E-state index < -0.39 is 5.97 Å². The molecule has 0 saturated heterocycles. The molecule has 4 heteroatoms. The maximum absolute atomic E-state index is 10.8. The molecule has 1 rings (SSSR count). The average molecular weight is 298 g/mol. The summed E-state index contributed by atoms with van der Waals surface area (Å²) in [5.41, 5.74) is 1.16. The van der Waals surface area contributed by atoms with Gasteiger partial charge in [-0.15, -0.1) is 0 Å². The molecule has 1 aromatic carbocycles. The monoisotopic (exact) mass is 297 g/mol. The first-order valence-electron chi connectivity index (χ1n) is 6.93. The number of carboxylic acids is 1. The van der Waals surface area contributed by atoms with Crippen molar-refractivity contribution in [2.45, 2.75) is 52.1 Å². The van der Waals surface area contributed by atoms with Gasteiger partial charge in [0.15, 0.2) is 0 Å². The van der Waals surface area contributed by atoms with Crippen LogP contribution in [0.15, 0.2) is 24.3 Å². The van der Waals surface area contributed by atoms with Crippen molar-refractivity contribution in [1.82, 2.24) is 4.90 Å². The second-order valence-electron chi connectivity index (χ2n) is 6.19. The number of benzene rings is 1. The van der Waals surface area contributed by atoms with Crippen molar-refractivity contribution in [2.24, 2.45) is 0 Å². The maximum Gasteiger partial charge on any atom is 0.304 e. The average Bonchev–Trinajstić information content (AvgIpc) is 2.30. The van der Waals surface area contributed by atoms with E-state index >= 15 is 0 Å². The third-order valence-corrected chi connectivity index (χ3v) is 3.66. The zero-order valence-electron chi connectivity index (χ0n) is 12.7. The van der Waals surface area contributed by atoms with Gasteiger partial charge in [-0.25, -0.2) is 0 Å². The van der Waals surface area contributed by atoms with Crippen molar-refractivity contribution in [3.63, 3.8) is 0 Å². The van der Waals surface area contributed by atoms with E-state index in [2.05, 4.69) is 32.6 Å². The summed E-state index contributed by atoms with van der Waals surface area (Å²) >= 11 is 5.89. The van der Waals surface area contributed by atoms with E-state index in [1.807, 2.05) is 24.3 Å². The number of carbonyl (C=O) groups is 1. The number of hydrogen-bond donors (Lipinski definition) is 1. The molecule has 3 nitrogen and oxygen atoms in total. The number of rotatable bonds is 6. The van der Waals surface area contributed by atoms with Crippen LogP contribution in [0.5, 0.6) is 0 Å². The minimum absolute atomic E-state index is 0.0543. The normalized spacial score (nSPS) is 13.5. The highest BCUT2D eigenvalue weighted by molar-refractivity contribution is 6.30. The summed E-state index contributed by atoms with van der Waals surface area (Å²) in [6.07, 6.45) is 1.05. The smallest absolute Gasteiger partial charge is 0.304 e.